The van der Waals surface area contributed by atoms with Crippen LogP contribution in [0.1, 0.15) is 28.9 Å². The largest absolute Gasteiger partial charge is 0.497 e. The fourth-order valence-electron chi connectivity index (χ4n) is 3.55. The van der Waals surface area contributed by atoms with Crippen molar-refractivity contribution in [3.8, 4) is 17.1 Å². The molecule has 1 amide bonds. The Morgan fingerprint density at radius 2 is 1.93 bits per heavy atom. The van der Waals surface area contributed by atoms with Crippen molar-refractivity contribution in [2.45, 2.75) is 19.3 Å². The zero-order valence-corrected chi connectivity index (χ0v) is 16.6. The van der Waals surface area contributed by atoms with Gasteiger partial charge in [-0.15, -0.1) is 0 Å². The average Bonchev–Trinajstić information content (AvgIpc) is 3.46. The predicted molar refractivity (Wildman–Crippen MR) is 112 cm³/mol. The van der Waals surface area contributed by atoms with Crippen LogP contribution in [0.5, 0.6) is 5.75 Å². The zero-order valence-electron chi connectivity index (χ0n) is 16.6. The summed E-state index contributed by atoms with van der Waals surface area (Å²) >= 11 is 0. The number of ether oxygens (including phenoxy) is 1. The molecule has 2 heterocycles. The Morgan fingerprint density at radius 1 is 1.14 bits per heavy atom. The van der Waals surface area contributed by atoms with Gasteiger partial charge in [0.05, 0.1) is 12.8 Å². The van der Waals surface area contributed by atoms with E-state index in [0.29, 0.717) is 24.3 Å². The third-order valence-electron chi connectivity index (χ3n) is 5.18. The third kappa shape index (κ3) is 4.59. The van der Waals surface area contributed by atoms with E-state index in [0.717, 1.165) is 30.1 Å². The maximum absolute atomic E-state index is 12.4. The molecular formula is C23H25N3O3. The van der Waals surface area contributed by atoms with Gasteiger partial charge in [-0.1, -0.05) is 17.3 Å². The number of nitrogens with zero attached hydrogens (tertiary/aromatic N) is 2. The molecule has 2 aromatic carbocycles. The fourth-order valence-corrected chi connectivity index (χ4v) is 3.55. The van der Waals surface area contributed by atoms with E-state index in [9.17, 15) is 4.79 Å². The molecule has 0 aliphatic carbocycles. The Hall–Kier alpha value is -3.28. The normalized spacial score (nSPS) is 13.5. The van der Waals surface area contributed by atoms with E-state index in [2.05, 4.69) is 15.4 Å². The van der Waals surface area contributed by atoms with Crippen LogP contribution in [-0.4, -0.2) is 37.8 Å². The van der Waals surface area contributed by atoms with Gasteiger partial charge in [0, 0.05) is 48.9 Å². The van der Waals surface area contributed by atoms with E-state index >= 15 is 0 Å². The lowest BCUT2D eigenvalue weighted by Gasteiger charge is -2.17. The monoisotopic (exact) mass is 391 g/mol. The number of carbonyl (C=O) groups is 1. The number of benzene rings is 2. The lowest BCUT2D eigenvalue weighted by molar-refractivity contribution is 0.0954. The molecule has 1 N–H and O–H groups in total. The molecular weight excluding hydrogens is 366 g/mol. The van der Waals surface area contributed by atoms with E-state index in [4.69, 9.17) is 9.26 Å². The maximum atomic E-state index is 12.4. The average molecular weight is 391 g/mol. The summed E-state index contributed by atoms with van der Waals surface area (Å²) in [4.78, 5) is 14.7. The SMILES string of the molecule is COc1cccc(-c2cc(CCNC(=O)c3ccc(N4CCCC4)cc3)no2)c1. The Labute approximate surface area is 170 Å². The lowest BCUT2D eigenvalue weighted by Crippen LogP contribution is -2.26. The van der Waals surface area contributed by atoms with E-state index in [1.807, 2.05) is 54.6 Å². The highest BCUT2D eigenvalue weighted by atomic mass is 16.5. The van der Waals surface area contributed by atoms with Crippen LogP contribution < -0.4 is 15.0 Å². The summed E-state index contributed by atoms with van der Waals surface area (Å²) in [5, 5.41) is 7.05. The molecule has 0 saturated carbocycles. The highest BCUT2D eigenvalue weighted by molar-refractivity contribution is 5.94. The number of rotatable bonds is 7. The topological polar surface area (TPSA) is 67.6 Å². The Kier molecular flexibility index (Phi) is 5.79. The van der Waals surface area contributed by atoms with Gasteiger partial charge in [0.2, 0.25) is 0 Å². The maximum Gasteiger partial charge on any atom is 0.251 e. The number of carbonyl (C=O) groups excluding carboxylic acids is 1. The highest BCUT2D eigenvalue weighted by Crippen LogP contribution is 2.24. The van der Waals surface area contributed by atoms with Crippen LogP contribution >= 0.6 is 0 Å². The number of methoxy groups -OCH3 is 1. The molecule has 4 rings (SSSR count). The first-order chi connectivity index (χ1) is 14.2. The minimum Gasteiger partial charge on any atom is -0.497 e. The molecule has 1 fully saturated rings. The first-order valence-electron chi connectivity index (χ1n) is 9.96. The lowest BCUT2D eigenvalue weighted by atomic mass is 10.1. The van der Waals surface area contributed by atoms with Gasteiger partial charge in [0.1, 0.15) is 5.75 Å². The van der Waals surface area contributed by atoms with Gasteiger partial charge in [-0.25, -0.2) is 0 Å². The van der Waals surface area contributed by atoms with Crippen LogP contribution in [-0.2, 0) is 6.42 Å². The molecule has 0 radical (unpaired) electrons. The molecule has 0 unspecified atom stereocenters. The van der Waals surface area contributed by atoms with Gasteiger partial charge in [-0.3, -0.25) is 4.79 Å². The van der Waals surface area contributed by atoms with Crippen LogP contribution in [0.15, 0.2) is 59.1 Å². The molecule has 1 aromatic heterocycles. The predicted octanol–water partition coefficient (Wildman–Crippen LogP) is 3.92. The second kappa shape index (κ2) is 8.82. The van der Waals surface area contributed by atoms with Crippen molar-refractivity contribution in [1.29, 1.82) is 0 Å². The summed E-state index contributed by atoms with van der Waals surface area (Å²) in [6.07, 6.45) is 3.08. The molecule has 1 aliphatic heterocycles. The summed E-state index contributed by atoms with van der Waals surface area (Å²) in [6.45, 7) is 2.69. The molecule has 3 aromatic rings. The minimum absolute atomic E-state index is 0.0745. The zero-order chi connectivity index (χ0) is 20.1. The molecule has 1 aliphatic rings. The summed E-state index contributed by atoms with van der Waals surface area (Å²) in [7, 11) is 1.63. The number of hydrogen-bond donors (Lipinski definition) is 1. The van der Waals surface area contributed by atoms with Crippen molar-refractivity contribution in [2.24, 2.45) is 0 Å². The number of aromatic nitrogens is 1. The van der Waals surface area contributed by atoms with Gasteiger partial charge in [-0.2, -0.15) is 0 Å². The highest BCUT2D eigenvalue weighted by Gasteiger charge is 2.13. The molecule has 6 nitrogen and oxygen atoms in total. The molecule has 0 bridgehead atoms. The van der Waals surface area contributed by atoms with Crippen molar-refractivity contribution in [2.75, 3.05) is 31.6 Å². The standard InChI is InChI=1S/C23H25N3O3/c1-28-21-6-4-5-18(15-21)22-16-19(25-29-22)11-12-24-23(27)17-7-9-20(10-8-17)26-13-2-3-14-26/h4-10,15-16H,2-3,11-14H2,1H3,(H,24,27). The summed E-state index contributed by atoms with van der Waals surface area (Å²) in [5.41, 5.74) is 3.56. The van der Waals surface area contributed by atoms with Gasteiger partial charge in [-0.05, 0) is 49.2 Å². The molecule has 0 atom stereocenters. The van der Waals surface area contributed by atoms with Gasteiger partial charge >= 0.3 is 0 Å². The second-order valence-electron chi connectivity index (χ2n) is 7.16. The smallest absolute Gasteiger partial charge is 0.251 e. The number of nitrogens with one attached hydrogen (secondary N) is 1. The number of hydrogen-bond acceptors (Lipinski definition) is 5. The van der Waals surface area contributed by atoms with Crippen molar-refractivity contribution in [3.05, 3.63) is 65.9 Å². The summed E-state index contributed by atoms with van der Waals surface area (Å²) < 4.78 is 10.7. The molecule has 6 heteroatoms. The third-order valence-corrected chi connectivity index (χ3v) is 5.18. The van der Waals surface area contributed by atoms with Crippen molar-refractivity contribution in [1.82, 2.24) is 10.5 Å². The van der Waals surface area contributed by atoms with Crippen molar-refractivity contribution >= 4 is 11.6 Å². The van der Waals surface area contributed by atoms with Crippen LogP contribution in [0.2, 0.25) is 0 Å². The van der Waals surface area contributed by atoms with E-state index in [1.165, 1.54) is 18.5 Å². The van der Waals surface area contributed by atoms with E-state index in [1.54, 1.807) is 7.11 Å². The van der Waals surface area contributed by atoms with Crippen LogP contribution in [0.25, 0.3) is 11.3 Å². The molecule has 29 heavy (non-hydrogen) atoms. The first-order valence-corrected chi connectivity index (χ1v) is 9.96. The summed E-state index contributed by atoms with van der Waals surface area (Å²) in [6, 6.07) is 17.4. The Bertz CT molecular complexity index is 960. The van der Waals surface area contributed by atoms with Gasteiger partial charge in [0.15, 0.2) is 5.76 Å². The Morgan fingerprint density at radius 3 is 2.69 bits per heavy atom. The first kappa shape index (κ1) is 19.1. The van der Waals surface area contributed by atoms with Crippen LogP contribution in [0.3, 0.4) is 0 Å². The minimum atomic E-state index is -0.0745. The molecule has 0 spiro atoms. The molecule has 150 valence electrons. The Balaban J connectivity index is 1.29. The second-order valence-corrected chi connectivity index (χ2v) is 7.16. The van der Waals surface area contributed by atoms with Crippen molar-refractivity contribution < 1.29 is 14.1 Å². The van der Waals surface area contributed by atoms with Crippen LogP contribution in [0.4, 0.5) is 5.69 Å². The quantitative estimate of drug-likeness (QED) is 0.661. The van der Waals surface area contributed by atoms with Gasteiger partial charge in [0.25, 0.3) is 5.91 Å². The van der Waals surface area contributed by atoms with Crippen molar-refractivity contribution in [3.63, 3.8) is 0 Å². The van der Waals surface area contributed by atoms with Gasteiger partial charge < -0.3 is 19.5 Å². The fraction of sp³-hybridized carbons (Fsp3) is 0.304. The number of anilines is 1. The summed E-state index contributed by atoms with van der Waals surface area (Å²) in [5.74, 6) is 1.38. The molecule has 1 saturated heterocycles. The number of amides is 1. The van der Waals surface area contributed by atoms with Crippen LogP contribution in [0, 0.1) is 0 Å². The van der Waals surface area contributed by atoms with E-state index in [-0.39, 0.29) is 5.91 Å². The van der Waals surface area contributed by atoms with E-state index < -0.39 is 0 Å².